The van der Waals surface area contributed by atoms with Crippen molar-refractivity contribution in [2.45, 2.75) is 105 Å². The van der Waals surface area contributed by atoms with Crippen molar-refractivity contribution in [3.05, 3.63) is 12.7 Å². The molecule has 3 aliphatic heterocycles. The zero-order valence-electron chi connectivity index (χ0n) is 22.6. The van der Waals surface area contributed by atoms with Crippen LogP contribution in [-0.2, 0) is 38.0 Å². The summed E-state index contributed by atoms with van der Waals surface area (Å²) in [6.07, 6.45) is -20.3. The second kappa shape index (κ2) is 15.4. The molecule has 41 heavy (non-hydrogen) atoms. The van der Waals surface area contributed by atoms with E-state index in [1.807, 2.05) is 0 Å². The number of nitrogens with one attached hydrogen (secondary N) is 1. The molecule has 3 fully saturated rings. The number of carbonyl (C=O) groups excluding carboxylic acids is 1. The normalized spacial score (nSPS) is 45.3. The Labute approximate surface area is 235 Å². The van der Waals surface area contributed by atoms with Crippen molar-refractivity contribution in [1.82, 2.24) is 5.32 Å². The van der Waals surface area contributed by atoms with Gasteiger partial charge in [0.1, 0.15) is 73.9 Å². The molecule has 9 N–H and O–H groups in total. The molecular formula is C24H41NO16. The molecule has 0 bridgehead atoms. The predicted molar refractivity (Wildman–Crippen MR) is 131 cm³/mol. The van der Waals surface area contributed by atoms with E-state index in [0.29, 0.717) is 6.42 Å². The van der Waals surface area contributed by atoms with E-state index in [1.54, 1.807) is 6.92 Å². The Hall–Kier alpha value is -1.39. The average Bonchev–Trinajstić information content (AvgIpc) is 2.97. The molecule has 1 amide bonds. The predicted octanol–water partition coefficient (Wildman–Crippen LogP) is -5.22. The molecule has 0 radical (unpaired) electrons. The van der Waals surface area contributed by atoms with Gasteiger partial charge in [-0.1, -0.05) is 13.5 Å². The molecule has 0 spiro atoms. The smallest absolute Gasteiger partial charge is 0.245 e. The van der Waals surface area contributed by atoms with Crippen molar-refractivity contribution >= 4 is 5.91 Å². The molecule has 0 aromatic rings. The SMILES string of the molecule is C=CC(=O)NCOC1C(OCC2OC(OC)C(O)C(O)C2O)OC(COC2OC(CC)C(O)C(O)C2O)C(O)C1O. The van der Waals surface area contributed by atoms with Gasteiger partial charge in [0.2, 0.25) is 5.91 Å². The summed E-state index contributed by atoms with van der Waals surface area (Å²) >= 11 is 0. The molecule has 3 saturated heterocycles. The van der Waals surface area contributed by atoms with Gasteiger partial charge in [0.15, 0.2) is 18.9 Å². The molecule has 3 rings (SSSR count). The molecule has 15 unspecified atom stereocenters. The number of aliphatic hydroxyl groups excluding tert-OH is 8. The van der Waals surface area contributed by atoms with Crippen LogP contribution in [-0.4, -0.2) is 166 Å². The number of aliphatic hydroxyl groups is 8. The number of methoxy groups -OCH3 is 1. The van der Waals surface area contributed by atoms with E-state index in [2.05, 4.69) is 11.9 Å². The second-order valence-electron chi connectivity index (χ2n) is 9.88. The minimum atomic E-state index is -1.67. The summed E-state index contributed by atoms with van der Waals surface area (Å²) in [6, 6.07) is 0. The third kappa shape index (κ3) is 7.96. The van der Waals surface area contributed by atoms with Crippen molar-refractivity contribution in [1.29, 1.82) is 0 Å². The monoisotopic (exact) mass is 599 g/mol. The molecule has 0 aliphatic carbocycles. The summed E-state index contributed by atoms with van der Waals surface area (Å²) in [6.45, 7) is 3.60. The van der Waals surface area contributed by atoms with Gasteiger partial charge in [-0.25, -0.2) is 0 Å². The highest BCUT2D eigenvalue weighted by atomic mass is 16.7. The lowest BCUT2D eigenvalue weighted by molar-refractivity contribution is -0.344. The Balaban J connectivity index is 1.70. The molecule has 238 valence electrons. The summed E-state index contributed by atoms with van der Waals surface area (Å²) < 4.78 is 38.4. The number of rotatable bonds is 12. The fourth-order valence-electron chi connectivity index (χ4n) is 4.66. The van der Waals surface area contributed by atoms with Crippen molar-refractivity contribution < 1.29 is 78.8 Å². The number of amides is 1. The van der Waals surface area contributed by atoms with Gasteiger partial charge in [-0.15, -0.1) is 0 Å². The first-order valence-electron chi connectivity index (χ1n) is 13.1. The summed E-state index contributed by atoms with van der Waals surface area (Å²) in [7, 11) is 1.22. The molecule has 3 aliphatic rings. The van der Waals surface area contributed by atoms with Gasteiger partial charge in [-0.3, -0.25) is 4.79 Å². The lowest BCUT2D eigenvalue weighted by Gasteiger charge is -2.44. The third-order valence-corrected chi connectivity index (χ3v) is 7.17. The minimum absolute atomic E-state index is 0.300. The Morgan fingerprint density at radius 1 is 0.707 bits per heavy atom. The fourth-order valence-corrected chi connectivity index (χ4v) is 4.66. The fraction of sp³-hybridized carbons (Fsp3) is 0.875. The topological polar surface area (TPSA) is 256 Å². The van der Waals surface area contributed by atoms with Crippen LogP contribution in [0, 0.1) is 0 Å². The van der Waals surface area contributed by atoms with E-state index in [4.69, 9.17) is 33.2 Å². The van der Waals surface area contributed by atoms with Crippen molar-refractivity contribution in [2.75, 3.05) is 27.1 Å². The van der Waals surface area contributed by atoms with Gasteiger partial charge in [0, 0.05) is 7.11 Å². The molecule has 3 heterocycles. The highest BCUT2D eigenvalue weighted by molar-refractivity contribution is 5.86. The van der Waals surface area contributed by atoms with E-state index in [9.17, 15) is 45.6 Å². The minimum Gasteiger partial charge on any atom is -0.388 e. The lowest BCUT2D eigenvalue weighted by Crippen LogP contribution is -2.63. The lowest BCUT2D eigenvalue weighted by atomic mass is 9.97. The standard InChI is InChI=1S/C24H41NO16/c1-4-9-13(27)16(30)20(34)23(39-9)36-6-11-15(29)18(32)21(38-8-25-12(26)5-2)24(41-11)37-7-10-14(28)17(31)19(33)22(35-3)40-10/h5,9-11,13-24,27-34H,2,4,6-8H2,1,3H3,(H,25,26). The van der Waals surface area contributed by atoms with E-state index in [1.165, 1.54) is 7.11 Å². The molecular weight excluding hydrogens is 558 g/mol. The maximum Gasteiger partial charge on any atom is 0.245 e. The molecule has 0 saturated carbocycles. The zero-order valence-corrected chi connectivity index (χ0v) is 22.6. The first-order chi connectivity index (χ1) is 19.4. The van der Waals surface area contributed by atoms with Crippen LogP contribution in [0.1, 0.15) is 13.3 Å². The quantitative estimate of drug-likeness (QED) is 0.0750. The number of hydrogen-bond acceptors (Lipinski definition) is 16. The summed E-state index contributed by atoms with van der Waals surface area (Å²) in [5, 5.41) is 84.8. The Morgan fingerprint density at radius 3 is 1.76 bits per heavy atom. The molecule has 17 heteroatoms. The van der Waals surface area contributed by atoms with Crippen LogP contribution >= 0.6 is 0 Å². The van der Waals surface area contributed by atoms with Crippen molar-refractivity contribution in [2.24, 2.45) is 0 Å². The van der Waals surface area contributed by atoms with E-state index < -0.39 is 118 Å². The Morgan fingerprint density at radius 2 is 1.20 bits per heavy atom. The van der Waals surface area contributed by atoms with Crippen LogP contribution in [0.5, 0.6) is 0 Å². The maximum atomic E-state index is 11.5. The maximum absolute atomic E-state index is 11.5. The molecule has 0 aromatic heterocycles. The first kappa shape index (κ1) is 34.1. The number of ether oxygens (including phenoxy) is 7. The molecule has 17 nitrogen and oxygen atoms in total. The molecule has 15 atom stereocenters. The van der Waals surface area contributed by atoms with Crippen molar-refractivity contribution in [3.8, 4) is 0 Å². The van der Waals surface area contributed by atoms with Gasteiger partial charge in [-0.05, 0) is 12.5 Å². The van der Waals surface area contributed by atoms with Crippen LogP contribution in [0.3, 0.4) is 0 Å². The zero-order chi connectivity index (χ0) is 30.4. The Bertz CT molecular complexity index is 833. The van der Waals surface area contributed by atoms with Crippen LogP contribution in [0.15, 0.2) is 12.7 Å². The third-order valence-electron chi connectivity index (χ3n) is 7.17. The van der Waals surface area contributed by atoms with Crippen LogP contribution in [0.25, 0.3) is 0 Å². The highest BCUT2D eigenvalue weighted by Gasteiger charge is 2.49. The van der Waals surface area contributed by atoms with Gasteiger partial charge in [0.25, 0.3) is 0 Å². The van der Waals surface area contributed by atoms with E-state index >= 15 is 0 Å². The van der Waals surface area contributed by atoms with Gasteiger partial charge in [0.05, 0.1) is 19.3 Å². The van der Waals surface area contributed by atoms with E-state index in [-0.39, 0.29) is 0 Å². The van der Waals surface area contributed by atoms with Gasteiger partial charge >= 0.3 is 0 Å². The van der Waals surface area contributed by atoms with E-state index in [0.717, 1.165) is 6.08 Å². The van der Waals surface area contributed by atoms with Gasteiger partial charge < -0.3 is 79.3 Å². The van der Waals surface area contributed by atoms with Crippen LogP contribution < -0.4 is 5.32 Å². The summed E-state index contributed by atoms with van der Waals surface area (Å²) in [5.74, 6) is -0.582. The number of hydrogen-bond donors (Lipinski definition) is 9. The summed E-state index contributed by atoms with van der Waals surface area (Å²) in [4.78, 5) is 11.5. The highest BCUT2D eigenvalue weighted by Crippen LogP contribution is 2.29. The van der Waals surface area contributed by atoms with Crippen LogP contribution in [0.4, 0.5) is 0 Å². The number of carbonyl (C=O) groups is 1. The van der Waals surface area contributed by atoms with Crippen molar-refractivity contribution in [3.63, 3.8) is 0 Å². The average molecular weight is 600 g/mol. The van der Waals surface area contributed by atoms with Gasteiger partial charge in [-0.2, -0.15) is 0 Å². The second-order valence-corrected chi connectivity index (χ2v) is 9.88. The Kier molecular flexibility index (Phi) is 12.8. The first-order valence-corrected chi connectivity index (χ1v) is 13.1. The summed E-state index contributed by atoms with van der Waals surface area (Å²) in [5.41, 5.74) is 0. The van der Waals surface area contributed by atoms with Crippen LogP contribution in [0.2, 0.25) is 0 Å². The molecule has 0 aromatic carbocycles. The largest absolute Gasteiger partial charge is 0.388 e.